The first-order chi connectivity index (χ1) is 13.2. The number of thioether (sulfide) groups is 1. The first-order valence-electron chi connectivity index (χ1n) is 8.64. The van der Waals surface area contributed by atoms with Crippen molar-refractivity contribution in [1.29, 1.82) is 0 Å². The van der Waals surface area contributed by atoms with Crippen molar-refractivity contribution in [3.8, 4) is 0 Å². The second kappa shape index (κ2) is 7.67. The molecule has 0 spiro atoms. The summed E-state index contributed by atoms with van der Waals surface area (Å²) in [5, 5.41) is 6.44. The van der Waals surface area contributed by atoms with E-state index in [1.165, 1.54) is 4.90 Å². The highest BCUT2D eigenvalue weighted by Gasteiger charge is 2.06. The van der Waals surface area contributed by atoms with Gasteiger partial charge in [0.15, 0.2) is 0 Å². The van der Waals surface area contributed by atoms with Crippen LogP contribution >= 0.6 is 11.8 Å². The van der Waals surface area contributed by atoms with Crippen molar-refractivity contribution in [2.24, 2.45) is 0 Å². The molecule has 0 unspecified atom stereocenters. The van der Waals surface area contributed by atoms with Crippen LogP contribution < -0.4 is 10.6 Å². The lowest BCUT2D eigenvalue weighted by Crippen LogP contribution is -1.94. The fourth-order valence-corrected chi connectivity index (χ4v) is 3.70. The average molecular weight is 376 g/mol. The Labute approximate surface area is 161 Å². The Kier molecular flexibility index (Phi) is 4.93. The van der Waals surface area contributed by atoms with Crippen LogP contribution in [0.4, 0.5) is 17.2 Å². The van der Waals surface area contributed by atoms with Crippen LogP contribution in [0.5, 0.6) is 0 Å². The van der Waals surface area contributed by atoms with Crippen LogP contribution in [0.3, 0.4) is 0 Å². The number of H-pyrrole nitrogens is 1. The molecule has 3 aromatic heterocycles. The molecule has 136 valence electrons. The molecule has 0 atom stereocenters. The average Bonchev–Trinajstić information content (AvgIpc) is 3.09. The molecule has 0 fully saturated rings. The van der Waals surface area contributed by atoms with Gasteiger partial charge in [-0.25, -0.2) is 9.97 Å². The van der Waals surface area contributed by atoms with E-state index in [2.05, 4.69) is 37.7 Å². The lowest BCUT2D eigenvalue weighted by Gasteiger charge is -2.05. The number of hydrogen-bond acceptors (Lipinski definition) is 6. The number of pyridine rings is 2. The minimum atomic E-state index is 0.770. The molecule has 4 rings (SSSR count). The van der Waals surface area contributed by atoms with Gasteiger partial charge in [-0.2, -0.15) is 0 Å². The van der Waals surface area contributed by atoms with E-state index in [0.29, 0.717) is 0 Å². The van der Waals surface area contributed by atoms with Gasteiger partial charge >= 0.3 is 0 Å². The number of hydrogen-bond donors (Lipinski definition) is 3. The minimum absolute atomic E-state index is 0.770. The molecule has 0 aliphatic rings. The van der Waals surface area contributed by atoms with Gasteiger partial charge in [0.05, 0.1) is 28.7 Å². The maximum Gasteiger partial charge on any atom is 0.127 e. The highest BCUT2D eigenvalue weighted by atomic mass is 32.2. The van der Waals surface area contributed by atoms with Gasteiger partial charge in [-0.05, 0) is 49.4 Å². The van der Waals surface area contributed by atoms with Crippen LogP contribution in [0.25, 0.3) is 11.0 Å². The maximum atomic E-state index is 4.73. The summed E-state index contributed by atoms with van der Waals surface area (Å²) in [6.07, 6.45) is 3.56. The zero-order valence-corrected chi connectivity index (χ0v) is 16.0. The molecule has 4 aromatic rings. The van der Waals surface area contributed by atoms with Gasteiger partial charge in [-0.15, -0.1) is 11.8 Å². The number of aryl methyl sites for hydroxylation is 1. The third-order valence-electron chi connectivity index (χ3n) is 4.04. The number of aromatic nitrogens is 4. The molecule has 6 nitrogen and oxygen atoms in total. The Bertz CT molecular complexity index is 1060. The molecule has 27 heavy (non-hydrogen) atoms. The first-order valence-corrected chi connectivity index (χ1v) is 9.63. The summed E-state index contributed by atoms with van der Waals surface area (Å²) >= 11 is 1.74. The number of rotatable bonds is 6. The van der Waals surface area contributed by atoms with E-state index in [1.807, 2.05) is 44.3 Å². The predicted octanol–water partition coefficient (Wildman–Crippen LogP) is 4.74. The maximum absolute atomic E-state index is 4.73. The van der Waals surface area contributed by atoms with Crippen molar-refractivity contribution in [3.05, 3.63) is 66.4 Å². The van der Waals surface area contributed by atoms with Gasteiger partial charge in [0.25, 0.3) is 0 Å². The zero-order valence-electron chi connectivity index (χ0n) is 15.2. The number of imidazole rings is 1. The Hall–Kier alpha value is -3.06. The van der Waals surface area contributed by atoms with E-state index in [4.69, 9.17) is 4.98 Å². The van der Waals surface area contributed by atoms with Gasteiger partial charge in [-0.3, -0.25) is 4.98 Å². The van der Waals surface area contributed by atoms with Crippen LogP contribution in [0.1, 0.15) is 11.5 Å². The summed E-state index contributed by atoms with van der Waals surface area (Å²) in [7, 11) is 1.88. The van der Waals surface area contributed by atoms with E-state index < -0.39 is 0 Å². The fraction of sp³-hybridized carbons (Fsp3) is 0.150. The van der Waals surface area contributed by atoms with Gasteiger partial charge in [0.2, 0.25) is 0 Å². The molecular weight excluding hydrogens is 356 g/mol. The molecule has 0 aliphatic carbocycles. The summed E-state index contributed by atoms with van der Waals surface area (Å²) in [4.78, 5) is 17.9. The predicted molar refractivity (Wildman–Crippen MR) is 112 cm³/mol. The van der Waals surface area contributed by atoms with Crippen molar-refractivity contribution in [2.75, 3.05) is 17.7 Å². The molecule has 1 aromatic carbocycles. The van der Waals surface area contributed by atoms with Crippen molar-refractivity contribution in [2.45, 2.75) is 17.6 Å². The molecule has 0 amide bonds. The molecule has 0 aliphatic heterocycles. The van der Waals surface area contributed by atoms with Crippen LogP contribution in [0, 0.1) is 6.92 Å². The number of nitrogens with one attached hydrogen (secondary N) is 3. The van der Waals surface area contributed by atoms with E-state index >= 15 is 0 Å². The largest absolute Gasteiger partial charge is 0.373 e. The summed E-state index contributed by atoms with van der Waals surface area (Å²) < 4.78 is 0. The summed E-state index contributed by atoms with van der Waals surface area (Å²) in [6.45, 7) is 2.00. The molecule has 0 bridgehead atoms. The molecule has 3 heterocycles. The number of nitrogens with zero attached hydrogens (tertiary/aromatic N) is 3. The summed E-state index contributed by atoms with van der Waals surface area (Å²) in [5.41, 5.74) is 4.92. The Morgan fingerprint density at radius 1 is 1.07 bits per heavy atom. The number of fused-ring (bicyclic) bond motifs is 1. The quantitative estimate of drug-likeness (QED) is 0.422. The van der Waals surface area contributed by atoms with Gasteiger partial charge in [0, 0.05) is 29.5 Å². The third-order valence-corrected chi connectivity index (χ3v) is 5.03. The highest BCUT2D eigenvalue weighted by molar-refractivity contribution is 7.98. The van der Waals surface area contributed by atoms with E-state index in [1.54, 1.807) is 24.2 Å². The molecule has 0 saturated carbocycles. The Balaban J connectivity index is 1.49. The second-order valence-corrected chi connectivity index (χ2v) is 7.20. The Morgan fingerprint density at radius 2 is 2.00 bits per heavy atom. The smallest absolute Gasteiger partial charge is 0.127 e. The topological polar surface area (TPSA) is 78.5 Å². The summed E-state index contributed by atoms with van der Waals surface area (Å²) in [6, 6.07) is 14.2. The van der Waals surface area contributed by atoms with E-state index in [0.717, 1.165) is 45.5 Å². The van der Waals surface area contributed by atoms with Crippen LogP contribution in [-0.2, 0) is 5.75 Å². The SMILES string of the molecule is CNc1cc(SCc2nc3cc(Nc4cccnc4)ccc3[nH]2)cc(C)n1. The first kappa shape index (κ1) is 17.4. The molecule has 0 saturated heterocycles. The van der Waals surface area contributed by atoms with Crippen LogP contribution in [0.15, 0.2) is 59.8 Å². The zero-order chi connectivity index (χ0) is 18.6. The Morgan fingerprint density at radius 3 is 2.81 bits per heavy atom. The minimum Gasteiger partial charge on any atom is -0.373 e. The monoisotopic (exact) mass is 376 g/mol. The molecular formula is C20H20N6S. The van der Waals surface area contributed by atoms with Crippen molar-refractivity contribution >= 4 is 40.0 Å². The highest BCUT2D eigenvalue weighted by Crippen LogP contribution is 2.26. The standard InChI is InChI=1S/C20H20N6S/c1-13-8-16(10-19(21-2)23-13)27-12-20-25-17-6-5-14(9-18(17)26-20)24-15-4-3-7-22-11-15/h3-11,24H,12H2,1-2H3,(H,21,23)(H,25,26). The lowest BCUT2D eigenvalue weighted by molar-refractivity contribution is 1.12. The normalized spacial score (nSPS) is 10.9. The van der Waals surface area contributed by atoms with E-state index in [-0.39, 0.29) is 0 Å². The van der Waals surface area contributed by atoms with Crippen LogP contribution in [-0.4, -0.2) is 27.0 Å². The number of aromatic amines is 1. The second-order valence-electron chi connectivity index (χ2n) is 6.15. The fourth-order valence-electron chi connectivity index (χ4n) is 2.81. The van der Waals surface area contributed by atoms with E-state index in [9.17, 15) is 0 Å². The van der Waals surface area contributed by atoms with Crippen molar-refractivity contribution in [1.82, 2.24) is 19.9 Å². The van der Waals surface area contributed by atoms with Gasteiger partial charge in [-0.1, -0.05) is 0 Å². The lowest BCUT2D eigenvalue weighted by atomic mass is 10.2. The third kappa shape index (κ3) is 4.20. The van der Waals surface area contributed by atoms with Crippen molar-refractivity contribution in [3.63, 3.8) is 0 Å². The summed E-state index contributed by atoms with van der Waals surface area (Å²) in [5.74, 6) is 2.61. The van der Waals surface area contributed by atoms with Crippen LogP contribution in [0.2, 0.25) is 0 Å². The van der Waals surface area contributed by atoms with Gasteiger partial charge < -0.3 is 15.6 Å². The number of anilines is 3. The number of benzene rings is 1. The molecule has 7 heteroatoms. The molecule has 3 N–H and O–H groups in total. The van der Waals surface area contributed by atoms with Crippen molar-refractivity contribution < 1.29 is 0 Å². The molecule has 0 radical (unpaired) electrons. The van der Waals surface area contributed by atoms with Gasteiger partial charge in [0.1, 0.15) is 11.6 Å².